The number of carbonyl (C=O) groups excluding carboxylic acids is 2. The second kappa shape index (κ2) is 13.2. The topological polar surface area (TPSA) is 78.0 Å². The number of methoxy groups -OCH3 is 1. The van der Waals surface area contributed by atoms with Gasteiger partial charge in [0.2, 0.25) is 0 Å². The first-order chi connectivity index (χ1) is 18.5. The van der Waals surface area contributed by atoms with Gasteiger partial charge in [-0.3, -0.25) is 24.9 Å². The number of amides is 2. The molecule has 0 saturated carbocycles. The molecule has 0 bridgehead atoms. The maximum Gasteiger partial charge on any atom is 0.411 e. The Balaban J connectivity index is 1.58. The molecule has 2 heterocycles. The Bertz CT molecular complexity index is 1190. The van der Waals surface area contributed by atoms with Crippen molar-refractivity contribution in [3.63, 3.8) is 0 Å². The number of aromatic nitrogens is 1. The quantitative estimate of drug-likeness (QED) is 0.447. The molecule has 1 aliphatic heterocycles. The zero-order chi connectivity index (χ0) is 26.9. The minimum Gasteiger partial charge on any atom is -0.453 e. The molecule has 0 unspecified atom stereocenters. The van der Waals surface area contributed by atoms with Crippen LogP contribution in [0.25, 0.3) is 0 Å². The highest BCUT2D eigenvalue weighted by molar-refractivity contribution is 5.94. The number of nitrogens with zero attached hydrogens (tertiary/aromatic N) is 4. The van der Waals surface area contributed by atoms with Gasteiger partial charge in [0.15, 0.2) is 0 Å². The molecule has 1 fully saturated rings. The minimum absolute atomic E-state index is 0.0241. The molecule has 1 N–H and O–H groups in total. The fourth-order valence-corrected chi connectivity index (χ4v) is 4.97. The largest absolute Gasteiger partial charge is 0.453 e. The van der Waals surface area contributed by atoms with E-state index in [-0.39, 0.29) is 11.9 Å². The molecule has 8 nitrogen and oxygen atoms in total. The Kier molecular flexibility index (Phi) is 9.46. The molecule has 1 saturated heterocycles. The summed E-state index contributed by atoms with van der Waals surface area (Å²) >= 11 is 0. The first-order valence-electron chi connectivity index (χ1n) is 13.2. The van der Waals surface area contributed by atoms with E-state index >= 15 is 0 Å². The van der Waals surface area contributed by atoms with Crippen molar-refractivity contribution >= 4 is 17.7 Å². The number of hydrogen-bond acceptors (Lipinski definition) is 6. The van der Waals surface area contributed by atoms with E-state index in [0.29, 0.717) is 24.3 Å². The SMILES string of the molecule is CCN(CC)C(=O)c1ccc([C@H](c2cccc(NC(=O)OC)c2)N2CCN(Cc3ccccn3)CC2)cc1. The first kappa shape index (κ1) is 27.3. The molecule has 3 aromatic rings. The summed E-state index contributed by atoms with van der Waals surface area (Å²) in [6.45, 7) is 9.80. The monoisotopic (exact) mass is 515 g/mol. The van der Waals surface area contributed by atoms with E-state index in [4.69, 9.17) is 4.74 Å². The van der Waals surface area contributed by atoms with Crippen LogP contribution in [-0.4, -0.2) is 78.1 Å². The number of carbonyl (C=O) groups is 2. The van der Waals surface area contributed by atoms with Gasteiger partial charge >= 0.3 is 6.09 Å². The predicted octanol–water partition coefficient (Wildman–Crippen LogP) is 4.65. The van der Waals surface area contributed by atoms with Crippen LogP contribution < -0.4 is 5.32 Å². The van der Waals surface area contributed by atoms with Gasteiger partial charge in [-0.25, -0.2) is 4.79 Å². The summed E-state index contributed by atoms with van der Waals surface area (Å²) in [5.41, 5.74) is 4.63. The van der Waals surface area contributed by atoms with Crippen molar-refractivity contribution in [2.75, 3.05) is 51.7 Å². The van der Waals surface area contributed by atoms with Crippen molar-refractivity contribution in [2.24, 2.45) is 0 Å². The van der Waals surface area contributed by atoms with Crippen LogP contribution in [0.2, 0.25) is 0 Å². The van der Waals surface area contributed by atoms with Gasteiger partial charge in [-0.05, 0) is 61.4 Å². The Hall–Kier alpha value is -3.75. The fourth-order valence-electron chi connectivity index (χ4n) is 4.97. The number of ether oxygens (including phenoxy) is 1. The van der Waals surface area contributed by atoms with E-state index in [1.54, 1.807) is 0 Å². The van der Waals surface area contributed by atoms with E-state index < -0.39 is 6.09 Å². The highest BCUT2D eigenvalue weighted by Crippen LogP contribution is 2.32. The normalized spacial score (nSPS) is 15.0. The zero-order valence-electron chi connectivity index (χ0n) is 22.5. The van der Waals surface area contributed by atoms with E-state index in [2.05, 4.69) is 44.4 Å². The summed E-state index contributed by atoms with van der Waals surface area (Å²) in [6, 6.07) is 21.9. The Morgan fingerprint density at radius 3 is 2.32 bits per heavy atom. The van der Waals surface area contributed by atoms with Crippen molar-refractivity contribution in [2.45, 2.75) is 26.4 Å². The standard InChI is InChI=1S/C30H37N5O3/c1-4-34(5-2)29(36)24-14-12-23(13-15-24)28(25-9-8-11-26(21-25)32-30(37)38-3)35-19-17-33(18-20-35)22-27-10-6-7-16-31-27/h6-16,21,28H,4-5,17-20,22H2,1-3H3,(H,32,37)/t28-/m1/s1. The molecule has 38 heavy (non-hydrogen) atoms. The molecule has 1 aliphatic rings. The smallest absolute Gasteiger partial charge is 0.411 e. The van der Waals surface area contributed by atoms with E-state index in [0.717, 1.165) is 49.5 Å². The molecule has 0 aliphatic carbocycles. The highest BCUT2D eigenvalue weighted by atomic mass is 16.5. The lowest BCUT2D eigenvalue weighted by Crippen LogP contribution is -2.47. The summed E-state index contributed by atoms with van der Waals surface area (Å²) in [5.74, 6) is 0.0468. The van der Waals surface area contributed by atoms with Crippen LogP contribution in [0.1, 0.15) is 47.1 Å². The third-order valence-corrected chi connectivity index (χ3v) is 7.04. The van der Waals surface area contributed by atoms with Crippen molar-refractivity contribution in [1.29, 1.82) is 0 Å². The van der Waals surface area contributed by atoms with Gasteiger partial charge in [0, 0.05) is 63.3 Å². The lowest BCUT2D eigenvalue weighted by molar-refractivity contribution is 0.0772. The average molecular weight is 516 g/mol. The lowest BCUT2D eigenvalue weighted by Gasteiger charge is -2.39. The fraction of sp³-hybridized carbons (Fsp3) is 0.367. The van der Waals surface area contributed by atoms with Gasteiger partial charge in [0.05, 0.1) is 18.8 Å². The first-order valence-corrected chi connectivity index (χ1v) is 13.2. The van der Waals surface area contributed by atoms with Crippen LogP contribution in [0.15, 0.2) is 72.9 Å². The summed E-state index contributed by atoms with van der Waals surface area (Å²) < 4.78 is 4.78. The molecule has 4 rings (SSSR count). The predicted molar refractivity (Wildman–Crippen MR) is 149 cm³/mol. The van der Waals surface area contributed by atoms with E-state index in [1.165, 1.54) is 7.11 Å². The molecule has 1 atom stereocenters. The Labute approximate surface area is 225 Å². The maximum atomic E-state index is 12.9. The van der Waals surface area contributed by atoms with Gasteiger partial charge in [-0.2, -0.15) is 0 Å². The summed E-state index contributed by atoms with van der Waals surface area (Å²) in [4.78, 5) is 35.9. The van der Waals surface area contributed by atoms with Gasteiger partial charge in [-0.15, -0.1) is 0 Å². The van der Waals surface area contributed by atoms with E-state index in [9.17, 15) is 9.59 Å². The number of benzene rings is 2. The zero-order valence-corrected chi connectivity index (χ0v) is 22.5. The van der Waals surface area contributed by atoms with Crippen LogP contribution in [-0.2, 0) is 11.3 Å². The molecule has 1 aromatic heterocycles. The molecule has 2 amide bonds. The minimum atomic E-state index is -0.499. The van der Waals surface area contributed by atoms with Crippen molar-refractivity contribution < 1.29 is 14.3 Å². The number of nitrogens with one attached hydrogen (secondary N) is 1. The molecule has 2 aromatic carbocycles. The lowest BCUT2D eigenvalue weighted by atomic mass is 9.95. The van der Waals surface area contributed by atoms with Crippen molar-refractivity contribution in [3.05, 3.63) is 95.3 Å². The number of hydrogen-bond donors (Lipinski definition) is 1. The van der Waals surface area contributed by atoms with Gasteiger partial charge in [0.25, 0.3) is 5.91 Å². The molecule has 200 valence electrons. The summed E-state index contributed by atoms with van der Waals surface area (Å²) in [5, 5.41) is 2.78. The third-order valence-electron chi connectivity index (χ3n) is 7.04. The Morgan fingerprint density at radius 1 is 0.947 bits per heavy atom. The van der Waals surface area contributed by atoms with Crippen molar-refractivity contribution in [1.82, 2.24) is 19.7 Å². The van der Waals surface area contributed by atoms with Crippen LogP contribution >= 0.6 is 0 Å². The molecule has 0 spiro atoms. The number of piperazine rings is 1. The summed E-state index contributed by atoms with van der Waals surface area (Å²) in [6.07, 6.45) is 1.34. The molecule has 8 heteroatoms. The van der Waals surface area contributed by atoms with Gasteiger partial charge in [0.1, 0.15) is 0 Å². The molecular weight excluding hydrogens is 478 g/mol. The van der Waals surface area contributed by atoms with E-state index in [1.807, 2.05) is 67.4 Å². The number of rotatable bonds is 9. The second-order valence-corrected chi connectivity index (χ2v) is 9.38. The summed E-state index contributed by atoms with van der Waals surface area (Å²) in [7, 11) is 1.35. The second-order valence-electron chi connectivity index (χ2n) is 9.38. The van der Waals surface area contributed by atoms with Crippen molar-refractivity contribution in [3.8, 4) is 0 Å². The molecular formula is C30H37N5O3. The number of anilines is 1. The van der Waals surface area contributed by atoms with Crippen LogP contribution in [0.3, 0.4) is 0 Å². The van der Waals surface area contributed by atoms with Crippen LogP contribution in [0.4, 0.5) is 10.5 Å². The Morgan fingerprint density at radius 2 is 1.68 bits per heavy atom. The molecule has 0 radical (unpaired) electrons. The van der Waals surface area contributed by atoms with Crippen LogP contribution in [0, 0.1) is 0 Å². The maximum absolute atomic E-state index is 12.9. The average Bonchev–Trinajstić information content (AvgIpc) is 2.96. The third kappa shape index (κ3) is 6.76. The van der Waals surface area contributed by atoms with Crippen LogP contribution in [0.5, 0.6) is 0 Å². The highest BCUT2D eigenvalue weighted by Gasteiger charge is 2.27. The number of pyridine rings is 1. The van der Waals surface area contributed by atoms with Gasteiger partial charge in [-0.1, -0.05) is 30.3 Å². The van der Waals surface area contributed by atoms with Gasteiger partial charge < -0.3 is 9.64 Å².